The smallest absolute Gasteiger partial charge is 0.251 e. The number of carbonyl (C=O) groups is 2. The lowest BCUT2D eigenvalue weighted by Crippen LogP contribution is -2.36. The van der Waals surface area contributed by atoms with Crippen molar-refractivity contribution in [2.24, 2.45) is 0 Å². The number of benzene rings is 1. The van der Waals surface area contributed by atoms with Gasteiger partial charge in [0.05, 0.1) is 6.54 Å². The van der Waals surface area contributed by atoms with Crippen LogP contribution in [0.5, 0.6) is 0 Å². The fraction of sp³-hybridized carbons (Fsp3) is 0.133. The number of nitrogen functional groups attached to an aromatic ring is 1. The number of carbonyl (C=O) groups excluding carboxylic acids is 2. The van der Waals surface area contributed by atoms with E-state index in [2.05, 4.69) is 15.6 Å². The maximum absolute atomic E-state index is 11.8. The number of nitrogens with two attached hydrogens (primary N) is 1. The molecule has 6 heteroatoms. The van der Waals surface area contributed by atoms with Crippen molar-refractivity contribution in [2.45, 2.75) is 6.54 Å². The molecule has 0 saturated heterocycles. The molecule has 2 aromatic rings. The Morgan fingerprint density at radius 1 is 1.00 bits per heavy atom. The van der Waals surface area contributed by atoms with Crippen LogP contribution in [-0.2, 0) is 11.3 Å². The third-order valence-electron chi connectivity index (χ3n) is 2.82. The highest BCUT2D eigenvalue weighted by Crippen LogP contribution is 2.04. The van der Waals surface area contributed by atoms with Gasteiger partial charge in [0.2, 0.25) is 5.91 Å². The number of hydrogen-bond acceptors (Lipinski definition) is 4. The summed E-state index contributed by atoms with van der Waals surface area (Å²) < 4.78 is 0. The van der Waals surface area contributed by atoms with Crippen molar-refractivity contribution in [1.29, 1.82) is 0 Å². The average molecular weight is 284 g/mol. The summed E-state index contributed by atoms with van der Waals surface area (Å²) in [7, 11) is 0. The number of pyridine rings is 1. The Kier molecular flexibility index (Phi) is 4.87. The topological polar surface area (TPSA) is 97.1 Å². The van der Waals surface area contributed by atoms with Gasteiger partial charge in [-0.15, -0.1) is 0 Å². The van der Waals surface area contributed by atoms with Crippen molar-refractivity contribution < 1.29 is 9.59 Å². The lowest BCUT2D eigenvalue weighted by molar-refractivity contribution is -0.120. The highest BCUT2D eigenvalue weighted by molar-refractivity contribution is 5.96. The lowest BCUT2D eigenvalue weighted by Gasteiger charge is -2.07. The summed E-state index contributed by atoms with van der Waals surface area (Å²) in [5.74, 6) is -0.565. The average Bonchev–Trinajstić information content (AvgIpc) is 2.52. The van der Waals surface area contributed by atoms with Gasteiger partial charge in [-0.1, -0.05) is 0 Å². The van der Waals surface area contributed by atoms with Gasteiger partial charge in [-0.25, -0.2) is 0 Å². The molecule has 0 fully saturated rings. The first-order chi connectivity index (χ1) is 10.1. The molecule has 2 amide bonds. The predicted molar refractivity (Wildman–Crippen MR) is 79.3 cm³/mol. The van der Waals surface area contributed by atoms with E-state index in [1.54, 1.807) is 36.7 Å². The zero-order chi connectivity index (χ0) is 15.1. The van der Waals surface area contributed by atoms with Crippen molar-refractivity contribution in [2.75, 3.05) is 12.3 Å². The van der Waals surface area contributed by atoms with E-state index in [1.807, 2.05) is 12.1 Å². The lowest BCUT2D eigenvalue weighted by atomic mass is 10.2. The summed E-state index contributed by atoms with van der Waals surface area (Å²) >= 11 is 0. The van der Waals surface area contributed by atoms with Crippen molar-refractivity contribution in [3.05, 3.63) is 59.9 Å². The number of amides is 2. The molecule has 21 heavy (non-hydrogen) atoms. The number of hydrogen-bond donors (Lipinski definition) is 3. The Hall–Kier alpha value is -2.89. The standard InChI is InChI=1S/C15H16N4O2/c16-13-3-1-12(2-4-13)15(21)19-10-14(20)18-9-11-5-7-17-8-6-11/h1-8H,9-10,16H2,(H,18,20)(H,19,21). The van der Waals surface area contributed by atoms with Crippen LogP contribution in [0, 0.1) is 0 Å². The number of anilines is 1. The highest BCUT2D eigenvalue weighted by atomic mass is 16.2. The van der Waals surface area contributed by atoms with Crippen LogP contribution in [0.4, 0.5) is 5.69 Å². The normalized spacial score (nSPS) is 9.90. The van der Waals surface area contributed by atoms with E-state index in [9.17, 15) is 9.59 Å². The quantitative estimate of drug-likeness (QED) is 0.704. The first kappa shape index (κ1) is 14.5. The number of nitrogens with zero attached hydrogens (tertiary/aromatic N) is 1. The molecule has 0 radical (unpaired) electrons. The van der Waals surface area contributed by atoms with Gasteiger partial charge in [-0.05, 0) is 42.0 Å². The Balaban J connectivity index is 1.76. The first-order valence-electron chi connectivity index (χ1n) is 6.44. The third-order valence-corrected chi connectivity index (χ3v) is 2.82. The second kappa shape index (κ2) is 7.04. The van der Waals surface area contributed by atoms with Crippen LogP contribution in [0.3, 0.4) is 0 Å². The fourth-order valence-electron chi connectivity index (χ4n) is 1.66. The summed E-state index contributed by atoms with van der Waals surface area (Å²) in [6.45, 7) is 0.327. The monoisotopic (exact) mass is 284 g/mol. The Bertz CT molecular complexity index is 611. The molecule has 0 saturated carbocycles. The van der Waals surface area contributed by atoms with Gasteiger partial charge in [0.25, 0.3) is 5.91 Å². The van der Waals surface area contributed by atoms with E-state index in [4.69, 9.17) is 5.73 Å². The molecular formula is C15H16N4O2. The van der Waals surface area contributed by atoms with Crippen molar-refractivity contribution in [3.63, 3.8) is 0 Å². The van der Waals surface area contributed by atoms with Crippen LogP contribution in [0.2, 0.25) is 0 Å². The number of aromatic nitrogens is 1. The van der Waals surface area contributed by atoms with Crippen LogP contribution >= 0.6 is 0 Å². The van der Waals surface area contributed by atoms with E-state index in [0.717, 1.165) is 5.56 Å². The van der Waals surface area contributed by atoms with E-state index >= 15 is 0 Å². The van der Waals surface area contributed by atoms with Gasteiger partial charge in [-0.3, -0.25) is 14.6 Å². The zero-order valence-electron chi connectivity index (χ0n) is 11.4. The molecule has 1 heterocycles. The summed E-state index contributed by atoms with van der Waals surface area (Å²) in [4.78, 5) is 27.3. The second-order valence-corrected chi connectivity index (χ2v) is 4.44. The predicted octanol–water partition coefficient (Wildman–Crippen LogP) is 0.710. The van der Waals surface area contributed by atoms with Crippen LogP contribution in [0.1, 0.15) is 15.9 Å². The van der Waals surface area contributed by atoms with Gasteiger partial charge in [0.1, 0.15) is 0 Å². The molecule has 0 aliphatic heterocycles. The molecule has 0 aliphatic rings. The van der Waals surface area contributed by atoms with Gasteiger partial charge in [0, 0.05) is 30.2 Å². The molecule has 108 valence electrons. The summed E-state index contributed by atoms with van der Waals surface area (Å²) in [5, 5.41) is 5.26. The molecule has 0 atom stereocenters. The summed E-state index contributed by atoms with van der Waals surface area (Å²) in [5.41, 5.74) is 7.54. The molecule has 4 N–H and O–H groups in total. The largest absolute Gasteiger partial charge is 0.399 e. The Morgan fingerprint density at radius 2 is 1.67 bits per heavy atom. The Labute approximate surface area is 122 Å². The second-order valence-electron chi connectivity index (χ2n) is 4.44. The van der Waals surface area contributed by atoms with Crippen LogP contribution in [0.15, 0.2) is 48.8 Å². The van der Waals surface area contributed by atoms with Crippen molar-refractivity contribution in [3.8, 4) is 0 Å². The third kappa shape index (κ3) is 4.61. The number of nitrogens with one attached hydrogen (secondary N) is 2. The summed E-state index contributed by atoms with van der Waals surface area (Å²) in [6.07, 6.45) is 3.31. The molecule has 0 aliphatic carbocycles. The van der Waals surface area contributed by atoms with E-state index in [0.29, 0.717) is 17.8 Å². The van der Waals surface area contributed by atoms with E-state index in [-0.39, 0.29) is 18.4 Å². The van der Waals surface area contributed by atoms with Crippen molar-refractivity contribution >= 4 is 17.5 Å². The maximum Gasteiger partial charge on any atom is 0.251 e. The van der Waals surface area contributed by atoms with Gasteiger partial charge >= 0.3 is 0 Å². The van der Waals surface area contributed by atoms with Crippen LogP contribution in [-0.4, -0.2) is 23.3 Å². The van der Waals surface area contributed by atoms with Gasteiger partial charge in [-0.2, -0.15) is 0 Å². The SMILES string of the molecule is Nc1ccc(C(=O)NCC(=O)NCc2ccncc2)cc1. The first-order valence-corrected chi connectivity index (χ1v) is 6.44. The minimum absolute atomic E-state index is 0.0751. The summed E-state index contributed by atoms with van der Waals surface area (Å²) in [6, 6.07) is 10.1. The molecular weight excluding hydrogens is 268 g/mol. The van der Waals surface area contributed by atoms with Crippen LogP contribution < -0.4 is 16.4 Å². The van der Waals surface area contributed by atoms with Crippen LogP contribution in [0.25, 0.3) is 0 Å². The molecule has 2 rings (SSSR count). The Morgan fingerprint density at radius 3 is 2.33 bits per heavy atom. The van der Waals surface area contributed by atoms with E-state index < -0.39 is 0 Å². The molecule has 0 spiro atoms. The molecule has 0 unspecified atom stereocenters. The van der Waals surface area contributed by atoms with Crippen molar-refractivity contribution in [1.82, 2.24) is 15.6 Å². The van der Waals surface area contributed by atoms with Gasteiger partial charge in [0.15, 0.2) is 0 Å². The van der Waals surface area contributed by atoms with E-state index in [1.165, 1.54) is 0 Å². The minimum atomic E-state index is -0.311. The number of rotatable bonds is 5. The fourth-order valence-corrected chi connectivity index (χ4v) is 1.66. The minimum Gasteiger partial charge on any atom is -0.399 e. The highest BCUT2D eigenvalue weighted by Gasteiger charge is 2.07. The molecule has 1 aromatic carbocycles. The molecule has 0 bridgehead atoms. The molecule has 6 nitrogen and oxygen atoms in total. The molecule has 1 aromatic heterocycles. The van der Waals surface area contributed by atoms with Gasteiger partial charge < -0.3 is 16.4 Å². The maximum atomic E-state index is 11.8. The zero-order valence-corrected chi connectivity index (χ0v) is 11.4.